The number of hydrogen-bond acceptors (Lipinski definition) is 23. The van der Waals surface area contributed by atoms with Crippen LogP contribution >= 0.6 is 12.4 Å². The number of aliphatic hydroxyl groups excluding tert-OH is 1. The maximum atomic E-state index is 12.2. The second-order valence-corrected chi connectivity index (χ2v) is 28.9. The van der Waals surface area contributed by atoms with E-state index in [0.717, 1.165) is 102 Å². The molecule has 13 N–H and O–H groups in total. The van der Waals surface area contributed by atoms with E-state index in [2.05, 4.69) is 44.3 Å². The van der Waals surface area contributed by atoms with Gasteiger partial charge in [-0.25, -0.2) is 50.0 Å². The van der Waals surface area contributed by atoms with Gasteiger partial charge in [-0.05, 0) is 134 Å². The number of nitrogens with zero attached hydrogens (tertiary/aromatic N) is 4. The number of aromatic amines is 2. The molecule has 10 aromatic carbocycles. The maximum Gasteiger partial charge on any atom is 1.00 e. The standard InChI is InChI=1S/C24H26N2O5.C22H24N4O3.C21H22N2O3.C17H15NO2.C16H15NO.C7H13NO4.ClH.Na.H2O/c1-4-29-23(27)22(24(28)30-5-2)26-16-20(25-3)15-19-13-9-10-14-21(19)31-17-18-11-7-6-8-12-18;1-2-28-21(27)20-19(26-22(23)24)17(13-25-20)12-16-10-6-7-11-18(16)29-14-15-8-4-3-5-9-15;1-2-25-21(24)20-19(22)17(13-23-20)12-16-10-6-7-11-18(16)26-14-15-8-4-3-5-9-15;1-18-16(12-19)11-15-9-5-6-10-17(15)20-13-14-7-3-2-4-8-14;1-17-12-11-15-9-5-6-10-16(15)18-13-14-7-3-2-4-8-14;1-3-11-6(9)5(8)7(10)12-4-2;;;/h6-14,16,22,26H,4-5,15,17H2,1-2H3;3-11,13,25H,2,12,14H2,1H3,(H4,23,24,26);3-11,13,23H,2,12,14,22H2,1H3;2-10,12,19H,11,13H2;2-10H,11-13H2;5H,3-4,8H2,1-2H3;1H;;1H2/q;;;;;;;+1;/p-1/b20-16-;;;;;;;;. The molecular weight excluding hydrogens is 1800 g/mol. The third-order valence-electron chi connectivity index (χ3n) is 19.2. The number of carbonyl (C=O) groups is 6. The first-order chi connectivity index (χ1) is 66.2. The zero-order valence-electron chi connectivity index (χ0n) is 78.8. The topological polar surface area (TPSA) is 427 Å². The van der Waals surface area contributed by atoms with E-state index in [1.807, 2.05) is 273 Å². The molecule has 0 atom stereocenters. The summed E-state index contributed by atoms with van der Waals surface area (Å²) in [5.41, 5.74) is 36.2. The number of benzene rings is 10. The van der Waals surface area contributed by atoms with Crippen LogP contribution < -0.4 is 81.5 Å². The van der Waals surface area contributed by atoms with Crippen molar-refractivity contribution in [2.75, 3.05) is 51.9 Å². The van der Waals surface area contributed by atoms with Crippen LogP contribution in [0.4, 0.5) is 11.4 Å². The zero-order chi connectivity index (χ0) is 97.9. The molecule has 0 saturated heterocycles. The largest absolute Gasteiger partial charge is 1.00 e. The number of halogens is 1. The van der Waals surface area contributed by atoms with Crippen molar-refractivity contribution in [1.29, 1.82) is 0 Å². The molecule has 0 amide bonds. The van der Waals surface area contributed by atoms with Gasteiger partial charge < -0.3 is 106 Å². The van der Waals surface area contributed by atoms with Crippen molar-refractivity contribution < 1.29 is 121 Å². The summed E-state index contributed by atoms with van der Waals surface area (Å²) in [7, 11) is 0. The fourth-order valence-electron chi connectivity index (χ4n) is 12.5. The van der Waals surface area contributed by atoms with Gasteiger partial charge in [0.15, 0.2) is 17.4 Å². The Hall–Kier alpha value is -15.6. The number of ether oxygens (including phenoxy) is 11. The number of nitrogens with two attached hydrogens (primary N) is 4. The summed E-state index contributed by atoms with van der Waals surface area (Å²) >= 11 is 0. The summed E-state index contributed by atoms with van der Waals surface area (Å²) in [4.78, 5) is 90.0. The average molecular weight is 1920 g/mol. The predicted octanol–water partition coefficient (Wildman–Crippen LogP) is 15.4. The number of H-pyrrole nitrogens is 2. The Balaban J connectivity index is 0.000000354. The van der Waals surface area contributed by atoms with E-state index in [4.69, 9.17) is 90.4 Å². The van der Waals surface area contributed by atoms with Crippen molar-refractivity contribution in [2.24, 2.45) is 22.2 Å². The molecule has 2 aromatic heterocycles. The zero-order valence-corrected chi connectivity index (χ0v) is 81.6. The number of guanidine groups is 1. The first kappa shape index (κ1) is 116. The summed E-state index contributed by atoms with van der Waals surface area (Å²) in [6.07, 6.45) is 8.07. The number of aliphatic hydroxyl groups is 1. The van der Waals surface area contributed by atoms with Crippen LogP contribution in [0.5, 0.6) is 28.7 Å². The molecule has 30 nitrogen and oxygen atoms in total. The smallest absolute Gasteiger partial charge is 0.870 e. The van der Waals surface area contributed by atoms with Gasteiger partial charge in [-0.1, -0.05) is 243 Å². The number of allylic oxidation sites excluding steroid dienone is 2. The number of rotatable bonds is 40. The molecule has 0 saturated carbocycles. The number of carbonyl (C=O) groups excluding carboxylic acids is 6. The van der Waals surface area contributed by atoms with Crippen LogP contribution in [0.2, 0.25) is 0 Å². The van der Waals surface area contributed by atoms with Gasteiger partial charge in [-0.3, -0.25) is 0 Å². The molecule has 2 heterocycles. The van der Waals surface area contributed by atoms with E-state index < -0.39 is 47.9 Å². The average Bonchev–Trinajstić information content (AvgIpc) is 1.68. The SMILES string of the molecule is CCOC(=O)C(N)C(=O)OCC.CCOC(=O)c1[nH]cc(Cc2ccccc2OCc2ccccc2)c1N.CCOC(=O)c1[nH]cc(Cc2ccccc2OCc2ccccc2)c1N=C(N)N.Cl.[C-]#[N+]/C(=C\NC(C(=O)OCC)C(=O)OCC)Cc1ccccc1OCc1ccccc1.[C-]#[N+]C(=CO)Cc1ccccc1OCc1ccccc1.[C-]#[N+]CCc1ccccc1OCc1ccccc1.[Na+].[OH-]. The molecule has 0 spiro atoms. The number of nitrogens with one attached hydrogen (secondary N) is 3. The van der Waals surface area contributed by atoms with Gasteiger partial charge in [0, 0.05) is 55.6 Å². The number of nitrogen functional groups attached to an aromatic ring is 1. The van der Waals surface area contributed by atoms with E-state index in [1.54, 1.807) is 53.9 Å². The minimum atomic E-state index is -1.33. The van der Waals surface area contributed by atoms with Crippen LogP contribution in [-0.4, -0.2) is 121 Å². The van der Waals surface area contributed by atoms with Gasteiger partial charge >= 0.3 is 65.4 Å². The fraction of sp³-hybridized carbons (Fsp3) is 0.234. The predicted molar refractivity (Wildman–Crippen MR) is 530 cm³/mol. The number of esters is 6. The molecule has 0 aliphatic carbocycles. The van der Waals surface area contributed by atoms with E-state index in [-0.39, 0.29) is 98.5 Å². The normalized spacial score (nSPS) is 10.2. The molecule has 0 unspecified atom stereocenters. The Morgan fingerprint density at radius 3 is 1.04 bits per heavy atom. The van der Waals surface area contributed by atoms with Gasteiger partial charge in [0.25, 0.3) is 0 Å². The molecular formula is C107H117ClN11NaO19. The Kier molecular flexibility index (Phi) is 55.6. The van der Waals surface area contributed by atoms with Crippen molar-refractivity contribution >= 4 is 65.6 Å². The molecule has 0 aliphatic heterocycles. The second kappa shape index (κ2) is 66.8. The molecule has 0 fully saturated rings. The molecule has 12 rings (SSSR count). The van der Waals surface area contributed by atoms with E-state index in [1.165, 1.54) is 6.20 Å². The van der Waals surface area contributed by atoms with Crippen LogP contribution in [0.25, 0.3) is 14.5 Å². The van der Waals surface area contributed by atoms with Crippen molar-refractivity contribution in [2.45, 2.75) is 119 Å². The number of anilines is 1. The monoisotopic (exact) mass is 1920 g/mol. The molecule has 0 aliphatic rings. The Bertz CT molecular complexity index is 5890. The van der Waals surface area contributed by atoms with Crippen molar-refractivity contribution in [1.82, 2.24) is 15.3 Å². The quantitative estimate of drug-likeness (QED) is 0.00258. The summed E-state index contributed by atoms with van der Waals surface area (Å²) in [5, 5.41) is 11.6. The Labute approximate surface area is 839 Å². The minimum absolute atomic E-state index is 0. The van der Waals surface area contributed by atoms with Crippen LogP contribution in [0, 0.1) is 19.7 Å². The minimum Gasteiger partial charge on any atom is -0.870 e. The fourth-order valence-corrected chi connectivity index (χ4v) is 12.5. The summed E-state index contributed by atoms with van der Waals surface area (Å²) in [6, 6.07) is 85.5. The third kappa shape index (κ3) is 41.3. The molecule has 0 bridgehead atoms. The van der Waals surface area contributed by atoms with Gasteiger partial charge in [-0.15, -0.1) is 12.4 Å². The van der Waals surface area contributed by atoms with E-state index in [9.17, 15) is 28.8 Å². The summed E-state index contributed by atoms with van der Waals surface area (Å²) in [6.45, 7) is 35.5. The molecule has 139 heavy (non-hydrogen) atoms. The molecule has 722 valence electrons. The van der Waals surface area contributed by atoms with Gasteiger partial charge in [0.2, 0.25) is 24.3 Å². The molecule has 12 aromatic rings. The van der Waals surface area contributed by atoms with Gasteiger partial charge in [0.05, 0.1) is 64.7 Å². The number of hydrogen-bond donors (Lipinski definition) is 8. The number of aromatic nitrogens is 2. The Morgan fingerprint density at radius 2 is 0.698 bits per heavy atom. The summed E-state index contributed by atoms with van der Waals surface area (Å²) in [5.74, 6) is -0.270. The van der Waals surface area contributed by atoms with Crippen molar-refractivity contribution in [3.63, 3.8) is 0 Å². The van der Waals surface area contributed by atoms with Crippen molar-refractivity contribution in [3.8, 4) is 28.7 Å². The van der Waals surface area contributed by atoms with Crippen LogP contribution in [0.3, 0.4) is 0 Å². The Morgan fingerprint density at radius 1 is 0.403 bits per heavy atom. The first-order valence-corrected chi connectivity index (χ1v) is 43.8. The van der Waals surface area contributed by atoms with Crippen LogP contribution in [-0.2, 0) is 113 Å². The van der Waals surface area contributed by atoms with E-state index >= 15 is 0 Å². The maximum absolute atomic E-state index is 12.2. The molecule has 32 heteroatoms. The third-order valence-corrected chi connectivity index (χ3v) is 19.2. The first-order valence-electron chi connectivity index (χ1n) is 43.8. The number of para-hydroxylation sites is 5. The second-order valence-electron chi connectivity index (χ2n) is 28.9. The van der Waals surface area contributed by atoms with E-state index in [0.29, 0.717) is 99.7 Å². The van der Waals surface area contributed by atoms with Gasteiger partial charge in [0.1, 0.15) is 73.2 Å². The molecule has 0 radical (unpaired) electrons. The van der Waals surface area contributed by atoms with Crippen LogP contribution in [0.1, 0.15) is 129 Å². The van der Waals surface area contributed by atoms with Gasteiger partial charge in [-0.2, -0.15) is 0 Å². The summed E-state index contributed by atoms with van der Waals surface area (Å²) < 4.78 is 58.5. The number of aliphatic imine (C=N–C) groups is 1. The van der Waals surface area contributed by atoms with Crippen LogP contribution in [0.15, 0.2) is 314 Å². The van der Waals surface area contributed by atoms with Crippen molar-refractivity contribution in [3.05, 3.63) is 422 Å².